The number of nitrogens with one attached hydrogen (secondary N) is 4. The Kier molecular flexibility index (Phi) is 12.9. The minimum Gasteiger partial charge on any atom is -0.481 e. The summed E-state index contributed by atoms with van der Waals surface area (Å²) in [6.45, 7) is 0.592. The Morgan fingerprint density at radius 3 is 1.66 bits per heavy atom. The van der Waals surface area contributed by atoms with E-state index in [1.54, 1.807) is 0 Å². The van der Waals surface area contributed by atoms with Crippen LogP contribution in [0.15, 0.2) is 0 Å². The minimum absolute atomic E-state index is 0. The first-order valence-electron chi connectivity index (χ1n) is 9.00. The van der Waals surface area contributed by atoms with Gasteiger partial charge in [0.2, 0.25) is 0 Å². The Balaban J connectivity index is 0.00000784. The fraction of sp³-hybridized carbons (Fsp3) is 0.750. The van der Waals surface area contributed by atoms with E-state index in [0.717, 1.165) is 12.8 Å². The van der Waals surface area contributed by atoms with Gasteiger partial charge in [-0.3, -0.25) is 19.2 Å². The van der Waals surface area contributed by atoms with Crippen LogP contribution in [0, 0.1) is 45.4 Å². The third-order valence-electron chi connectivity index (χ3n) is 5.06. The molecule has 1 saturated heterocycles. The summed E-state index contributed by atoms with van der Waals surface area (Å²) in [5.74, 6) is -5.42. The monoisotopic (exact) mass is 562 g/mol. The van der Waals surface area contributed by atoms with Crippen molar-refractivity contribution in [1.82, 2.24) is 21.9 Å². The quantitative estimate of drug-likeness (QED) is 0.192. The summed E-state index contributed by atoms with van der Waals surface area (Å²) in [4.78, 5) is 46.4. The van der Waals surface area contributed by atoms with Crippen LogP contribution in [0.5, 0.6) is 0 Å². The summed E-state index contributed by atoms with van der Waals surface area (Å²) in [7, 11) is 0. The molecule has 1 heterocycles. The first-order valence-corrected chi connectivity index (χ1v) is 9.00. The Morgan fingerprint density at radius 1 is 0.690 bits per heavy atom. The molecule has 0 aromatic carbocycles. The maximum Gasteiger partial charge on any atom is 0.305 e. The molecule has 0 radical (unpaired) electrons. The summed E-state index contributed by atoms with van der Waals surface area (Å²) in [6, 6.07) is 0. The Labute approximate surface area is 199 Å². The van der Waals surface area contributed by atoms with Crippen LogP contribution in [0.3, 0.4) is 0 Å². The molecule has 0 amide bonds. The molecule has 0 bridgehead atoms. The van der Waals surface area contributed by atoms with E-state index in [1.807, 2.05) is 0 Å². The number of hydrogen-bond donors (Lipinski definition) is 8. The van der Waals surface area contributed by atoms with Crippen molar-refractivity contribution in [2.45, 2.75) is 63.3 Å². The van der Waals surface area contributed by atoms with E-state index in [0.29, 0.717) is 19.4 Å². The van der Waals surface area contributed by atoms with Gasteiger partial charge in [-0.15, -0.1) is 0 Å². The number of carboxylic acids is 4. The van der Waals surface area contributed by atoms with Crippen LogP contribution in [0.4, 0.5) is 0 Å². The zero-order valence-corrected chi connectivity index (χ0v) is 18.1. The molecule has 8 N–H and O–H groups in total. The number of aliphatic carboxylic acids is 4. The molecule has 0 saturated carbocycles. The van der Waals surface area contributed by atoms with Gasteiger partial charge in [-0.25, -0.2) is 10.9 Å². The molecule has 1 fully saturated rings. The van der Waals surface area contributed by atoms with E-state index < -0.39 is 60.5 Å². The first-order chi connectivity index (χ1) is 13.1. The van der Waals surface area contributed by atoms with Gasteiger partial charge in [0.25, 0.3) is 0 Å². The molecule has 0 atom stereocenters. The van der Waals surface area contributed by atoms with Crippen molar-refractivity contribution in [2.24, 2.45) is 5.41 Å². The van der Waals surface area contributed by atoms with Crippen molar-refractivity contribution in [3.63, 3.8) is 0 Å². The molecule has 1 rings (SSSR count). The van der Waals surface area contributed by atoms with E-state index in [9.17, 15) is 39.6 Å². The molecule has 0 aromatic rings. The second kappa shape index (κ2) is 13.4. The SMILES string of the molecule is O=C(O)CC1(CC(=O)O)CCCCCCNNNNC1(CC(=O)O)CC(=O)O.[Gd]. The molecular weight excluding hydrogens is 533 g/mol. The van der Waals surface area contributed by atoms with Gasteiger partial charge in [-0.2, -0.15) is 11.1 Å². The van der Waals surface area contributed by atoms with Gasteiger partial charge in [0, 0.05) is 51.9 Å². The van der Waals surface area contributed by atoms with E-state index >= 15 is 0 Å². The van der Waals surface area contributed by atoms with Crippen molar-refractivity contribution in [3.8, 4) is 0 Å². The molecule has 13 heteroatoms. The average Bonchev–Trinajstić information content (AvgIpc) is 2.52. The number of hydrogen-bond acceptors (Lipinski definition) is 8. The maximum atomic E-state index is 11.6. The van der Waals surface area contributed by atoms with Crippen LogP contribution in [0.1, 0.15) is 57.8 Å². The summed E-state index contributed by atoms with van der Waals surface area (Å²) in [6.07, 6.45) is -0.178. The van der Waals surface area contributed by atoms with Gasteiger partial charge >= 0.3 is 23.9 Å². The van der Waals surface area contributed by atoms with E-state index in [1.165, 1.54) is 0 Å². The second-order valence-corrected chi connectivity index (χ2v) is 7.11. The Bertz CT molecular complexity index is 507. The van der Waals surface area contributed by atoms with E-state index in [-0.39, 0.29) is 46.4 Å². The zero-order valence-electron chi connectivity index (χ0n) is 15.8. The van der Waals surface area contributed by atoms with Crippen molar-refractivity contribution in [1.29, 1.82) is 0 Å². The van der Waals surface area contributed by atoms with Crippen LogP contribution in [-0.4, -0.2) is 56.4 Å². The van der Waals surface area contributed by atoms with Crippen LogP contribution < -0.4 is 21.9 Å². The molecule has 29 heavy (non-hydrogen) atoms. The van der Waals surface area contributed by atoms with Gasteiger partial charge in [-0.1, -0.05) is 19.3 Å². The molecular formula is C16H28GdN4O8. The largest absolute Gasteiger partial charge is 0.481 e. The van der Waals surface area contributed by atoms with Crippen LogP contribution in [-0.2, 0) is 19.2 Å². The second-order valence-electron chi connectivity index (χ2n) is 7.11. The fourth-order valence-electron chi connectivity index (χ4n) is 3.86. The summed E-state index contributed by atoms with van der Waals surface area (Å²) >= 11 is 0. The van der Waals surface area contributed by atoms with Crippen molar-refractivity contribution < 1.29 is 79.5 Å². The van der Waals surface area contributed by atoms with Gasteiger partial charge < -0.3 is 20.4 Å². The molecule has 0 aliphatic carbocycles. The Morgan fingerprint density at radius 2 is 1.17 bits per heavy atom. The summed E-state index contributed by atoms with van der Waals surface area (Å²) in [5.41, 5.74) is 6.91. The molecule has 0 spiro atoms. The van der Waals surface area contributed by atoms with Crippen molar-refractivity contribution >= 4 is 23.9 Å². The minimum atomic E-state index is -1.88. The van der Waals surface area contributed by atoms with Crippen LogP contribution in [0.25, 0.3) is 0 Å². The third kappa shape index (κ3) is 9.16. The molecule has 0 unspecified atom stereocenters. The third-order valence-corrected chi connectivity index (χ3v) is 5.06. The molecule has 12 nitrogen and oxygen atoms in total. The standard InChI is InChI=1S/C16H28N4O8.Gd/c21-11(22)7-15(8-12(23)24)5-3-1-2-4-6-17-19-20-18-16(15,9-13(25)26)10-14(27)28;/h17-20H,1-10H2,(H,21,22)(H,23,24)(H,25,26)(H,27,28);. The van der Waals surface area contributed by atoms with Crippen LogP contribution >= 0.6 is 0 Å². The van der Waals surface area contributed by atoms with Gasteiger partial charge in [0.05, 0.1) is 31.2 Å². The number of rotatable bonds is 8. The van der Waals surface area contributed by atoms with E-state index in [2.05, 4.69) is 21.9 Å². The predicted molar refractivity (Wildman–Crippen MR) is 94.7 cm³/mol. The topological polar surface area (TPSA) is 197 Å². The average molecular weight is 562 g/mol. The summed E-state index contributed by atoms with van der Waals surface area (Å²) in [5, 5.41) is 37.8. The van der Waals surface area contributed by atoms with E-state index in [4.69, 9.17) is 0 Å². The molecule has 168 valence electrons. The summed E-state index contributed by atoms with van der Waals surface area (Å²) < 4.78 is 0. The fourth-order valence-corrected chi connectivity index (χ4v) is 3.86. The van der Waals surface area contributed by atoms with Gasteiger partial charge in [-0.05, 0) is 12.8 Å². The van der Waals surface area contributed by atoms with Crippen molar-refractivity contribution in [3.05, 3.63) is 0 Å². The maximum absolute atomic E-state index is 11.6. The van der Waals surface area contributed by atoms with Gasteiger partial charge in [0.1, 0.15) is 0 Å². The Hall–Kier alpha value is -0.955. The molecule has 1 aliphatic rings. The predicted octanol–water partition coefficient (Wildman–Crippen LogP) is -0.322. The van der Waals surface area contributed by atoms with Crippen LogP contribution in [0.2, 0.25) is 0 Å². The first kappa shape index (κ1) is 28.0. The normalized spacial score (nSPS) is 19.6. The van der Waals surface area contributed by atoms with Crippen molar-refractivity contribution in [2.75, 3.05) is 6.54 Å². The number of hydrazine groups is 3. The number of carboxylic acid groups (broad SMARTS) is 4. The van der Waals surface area contributed by atoms with Gasteiger partial charge in [0.15, 0.2) is 0 Å². The smallest absolute Gasteiger partial charge is 0.305 e. The zero-order chi connectivity index (χ0) is 21.2. The molecule has 0 aromatic heterocycles. The molecule has 1 aliphatic heterocycles. The number of carbonyl (C=O) groups is 4.